The van der Waals surface area contributed by atoms with Gasteiger partial charge in [-0.15, -0.1) is 0 Å². The normalized spacial score (nSPS) is 16.3. The lowest BCUT2D eigenvalue weighted by molar-refractivity contribution is 0.182. The predicted molar refractivity (Wildman–Crippen MR) is 100 cm³/mol. The van der Waals surface area contributed by atoms with Gasteiger partial charge in [0.25, 0.3) is 5.89 Å². The first-order chi connectivity index (χ1) is 13.1. The van der Waals surface area contributed by atoms with Gasteiger partial charge in [-0.3, -0.25) is 4.90 Å². The number of hydrogen-bond acceptors (Lipinski definition) is 7. The van der Waals surface area contributed by atoms with E-state index >= 15 is 0 Å². The molecule has 0 saturated carbocycles. The molecule has 3 heterocycles. The molecule has 1 aromatic carbocycles. The van der Waals surface area contributed by atoms with Crippen molar-refractivity contribution < 1.29 is 9.05 Å². The van der Waals surface area contributed by atoms with Crippen LogP contribution in [-0.4, -0.2) is 38.3 Å². The molecule has 1 aliphatic heterocycles. The van der Waals surface area contributed by atoms with Crippen molar-refractivity contribution >= 4 is 0 Å². The van der Waals surface area contributed by atoms with E-state index in [-0.39, 0.29) is 0 Å². The van der Waals surface area contributed by atoms with Crippen LogP contribution in [-0.2, 0) is 6.54 Å². The van der Waals surface area contributed by atoms with E-state index in [9.17, 15) is 0 Å². The molecule has 0 spiro atoms. The summed E-state index contributed by atoms with van der Waals surface area (Å²) in [5.41, 5.74) is 2.17. The summed E-state index contributed by atoms with van der Waals surface area (Å²) >= 11 is 0. The van der Waals surface area contributed by atoms with Gasteiger partial charge in [-0.1, -0.05) is 41.9 Å². The Kier molecular flexibility index (Phi) is 5.03. The average Bonchev–Trinajstić information content (AvgIpc) is 3.33. The minimum absolute atomic E-state index is 0.295. The minimum atomic E-state index is 0.295. The van der Waals surface area contributed by atoms with Gasteiger partial charge in [0.2, 0.25) is 5.89 Å². The Morgan fingerprint density at radius 3 is 2.44 bits per heavy atom. The third-order valence-corrected chi connectivity index (χ3v) is 5.04. The van der Waals surface area contributed by atoms with Crippen molar-refractivity contribution in [3.8, 4) is 11.5 Å². The Morgan fingerprint density at radius 1 is 1.04 bits per heavy atom. The molecule has 0 amide bonds. The first-order valence-electron chi connectivity index (χ1n) is 9.54. The largest absolute Gasteiger partial charge is 0.339 e. The van der Waals surface area contributed by atoms with E-state index in [1.165, 1.54) is 5.56 Å². The molecule has 0 unspecified atom stereocenters. The number of hydrogen-bond donors (Lipinski definition) is 0. The number of benzene rings is 1. The van der Waals surface area contributed by atoms with Crippen LogP contribution in [0.3, 0.4) is 0 Å². The van der Waals surface area contributed by atoms with Crippen molar-refractivity contribution in [2.24, 2.45) is 0 Å². The zero-order chi connectivity index (χ0) is 18.8. The molecule has 4 rings (SSSR count). The average molecular weight is 367 g/mol. The van der Waals surface area contributed by atoms with Crippen LogP contribution in [0.1, 0.15) is 61.6 Å². The third kappa shape index (κ3) is 4.08. The summed E-state index contributed by atoms with van der Waals surface area (Å²) in [6.07, 6.45) is 2.00. The molecule has 27 heavy (non-hydrogen) atoms. The van der Waals surface area contributed by atoms with E-state index in [1.54, 1.807) is 0 Å². The number of piperidine rings is 1. The monoisotopic (exact) mass is 367 g/mol. The Hall–Kier alpha value is -2.54. The van der Waals surface area contributed by atoms with Gasteiger partial charge >= 0.3 is 0 Å². The molecule has 1 aliphatic rings. The molecular weight excluding hydrogens is 342 g/mol. The van der Waals surface area contributed by atoms with Crippen LogP contribution < -0.4 is 0 Å². The summed E-state index contributed by atoms with van der Waals surface area (Å²) in [4.78, 5) is 11.4. The van der Waals surface area contributed by atoms with Crippen LogP contribution in [0.25, 0.3) is 11.5 Å². The van der Waals surface area contributed by atoms with Gasteiger partial charge in [-0.05, 0) is 45.0 Å². The molecule has 142 valence electrons. The van der Waals surface area contributed by atoms with Crippen LogP contribution in [0.4, 0.5) is 0 Å². The molecule has 0 N–H and O–H groups in total. The first-order valence-corrected chi connectivity index (χ1v) is 9.54. The van der Waals surface area contributed by atoms with E-state index in [1.807, 2.05) is 24.3 Å². The lowest BCUT2D eigenvalue weighted by Gasteiger charge is -2.29. The second-order valence-corrected chi connectivity index (χ2v) is 7.58. The zero-order valence-corrected chi connectivity index (χ0v) is 16.1. The highest BCUT2D eigenvalue weighted by molar-refractivity contribution is 5.53. The number of aromatic nitrogens is 4. The quantitative estimate of drug-likeness (QED) is 0.676. The molecule has 0 radical (unpaired) electrons. The highest BCUT2D eigenvalue weighted by atomic mass is 16.5. The van der Waals surface area contributed by atoms with E-state index in [2.05, 4.69) is 46.0 Å². The smallest absolute Gasteiger partial charge is 0.257 e. The lowest BCUT2D eigenvalue weighted by Crippen LogP contribution is -2.32. The van der Waals surface area contributed by atoms with Crippen LogP contribution in [0.2, 0.25) is 0 Å². The van der Waals surface area contributed by atoms with Gasteiger partial charge in [-0.2, -0.15) is 9.97 Å². The van der Waals surface area contributed by atoms with Gasteiger partial charge in [0.05, 0.1) is 6.54 Å². The Morgan fingerprint density at radius 2 is 1.78 bits per heavy atom. The second-order valence-electron chi connectivity index (χ2n) is 7.58. The van der Waals surface area contributed by atoms with Gasteiger partial charge in [0.15, 0.2) is 11.6 Å². The van der Waals surface area contributed by atoms with Gasteiger partial charge in [0.1, 0.15) is 0 Å². The van der Waals surface area contributed by atoms with E-state index in [0.717, 1.165) is 49.0 Å². The maximum Gasteiger partial charge on any atom is 0.257 e. The fraction of sp³-hybridized carbons (Fsp3) is 0.500. The lowest BCUT2D eigenvalue weighted by atomic mass is 9.97. The molecule has 1 saturated heterocycles. The second kappa shape index (κ2) is 7.60. The highest BCUT2D eigenvalue weighted by Gasteiger charge is 2.26. The standard InChI is InChI=1S/C20H25N5O2/c1-13(2)18-22-20(27-24-18)16-8-10-25(11-9-16)12-17-21-19(26-23-17)15-6-4-14(3)5-7-15/h4-7,13,16H,8-12H2,1-3H3. The van der Waals surface area contributed by atoms with E-state index in [0.29, 0.717) is 24.3 Å². The number of likely N-dealkylation sites (tertiary alicyclic amines) is 1. The van der Waals surface area contributed by atoms with Gasteiger partial charge in [-0.25, -0.2) is 0 Å². The molecule has 0 aliphatic carbocycles. The SMILES string of the molecule is Cc1ccc(-c2nc(CN3CCC(c4nc(C(C)C)no4)CC3)no2)cc1. The highest BCUT2D eigenvalue weighted by Crippen LogP contribution is 2.28. The number of nitrogens with zero attached hydrogens (tertiary/aromatic N) is 5. The topological polar surface area (TPSA) is 81.1 Å². The Labute approximate surface area is 158 Å². The van der Waals surface area contributed by atoms with Crippen LogP contribution >= 0.6 is 0 Å². The fourth-order valence-corrected chi connectivity index (χ4v) is 3.32. The van der Waals surface area contributed by atoms with Crippen molar-refractivity contribution in [2.45, 2.75) is 52.0 Å². The van der Waals surface area contributed by atoms with E-state index in [4.69, 9.17) is 9.05 Å². The summed E-state index contributed by atoms with van der Waals surface area (Å²) in [5, 5.41) is 8.22. The molecule has 0 bridgehead atoms. The van der Waals surface area contributed by atoms with Crippen molar-refractivity contribution in [3.63, 3.8) is 0 Å². The van der Waals surface area contributed by atoms with Crippen LogP contribution in [0, 0.1) is 6.92 Å². The Bertz CT molecular complexity index is 876. The summed E-state index contributed by atoms with van der Waals surface area (Å²) in [7, 11) is 0. The molecule has 7 heteroatoms. The molecular formula is C20H25N5O2. The summed E-state index contributed by atoms with van der Waals surface area (Å²) in [6, 6.07) is 8.11. The molecule has 1 fully saturated rings. The third-order valence-electron chi connectivity index (χ3n) is 5.04. The van der Waals surface area contributed by atoms with Crippen molar-refractivity contribution in [3.05, 3.63) is 47.4 Å². The summed E-state index contributed by atoms with van der Waals surface area (Å²) < 4.78 is 10.9. The van der Waals surface area contributed by atoms with E-state index < -0.39 is 0 Å². The molecule has 0 atom stereocenters. The molecule has 2 aromatic heterocycles. The maximum absolute atomic E-state index is 5.46. The van der Waals surface area contributed by atoms with Gasteiger partial charge < -0.3 is 9.05 Å². The fourth-order valence-electron chi connectivity index (χ4n) is 3.32. The number of rotatable bonds is 5. The van der Waals surface area contributed by atoms with Crippen molar-refractivity contribution in [1.29, 1.82) is 0 Å². The molecule has 3 aromatic rings. The van der Waals surface area contributed by atoms with Gasteiger partial charge in [0, 0.05) is 17.4 Å². The first kappa shape index (κ1) is 17.9. The zero-order valence-electron chi connectivity index (χ0n) is 16.1. The summed E-state index contributed by atoms with van der Waals surface area (Å²) in [5.74, 6) is 3.51. The van der Waals surface area contributed by atoms with Crippen LogP contribution in [0.5, 0.6) is 0 Å². The predicted octanol–water partition coefficient (Wildman–Crippen LogP) is 3.93. The van der Waals surface area contributed by atoms with Crippen molar-refractivity contribution in [1.82, 2.24) is 25.2 Å². The van der Waals surface area contributed by atoms with Crippen LogP contribution in [0.15, 0.2) is 33.3 Å². The van der Waals surface area contributed by atoms with Crippen molar-refractivity contribution in [2.75, 3.05) is 13.1 Å². The number of aryl methyl sites for hydroxylation is 1. The summed E-state index contributed by atoms with van der Waals surface area (Å²) in [6.45, 7) is 8.82. The maximum atomic E-state index is 5.46. The molecule has 7 nitrogen and oxygen atoms in total. The minimum Gasteiger partial charge on any atom is -0.339 e. The Balaban J connectivity index is 1.33.